The van der Waals surface area contributed by atoms with Gasteiger partial charge in [0.2, 0.25) is 0 Å². The van der Waals surface area contributed by atoms with E-state index in [1.54, 1.807) is 0 Å². The first-order chi connectivity index (χ1) is 10.0. The number of hydrogen-bond donors (Lipinski definition) is 2. The molecule has 0 radical (unpaired) electrons. The molecule has 0 heterocycles. The van der Waals surface area contributed by atoms with Gasteiger partial charge in [-0.05, 0) is 37.5 Å². The minimum absolute atomic E-state index is 0.0511. The molecular formula is C16H28N2O3. The molecule has 2 amide bonds. The summed E-state index contributed by atoms with van der Waals surface area (Å²) in [6.45, 7) is 2.70. The number of urea groups is 1. The Bertz CT molecular complexity index is 386. The molecule has 2 aliphatic rings. The summed E-state index contributed by atoms with van der Waals surface area (Å²) in [4.78, 5) is 25.3. The summed E-state index contributed by atoms with van der Waals surface area (Å²) >= 11 is 0. The molecule has 5 heteroatoms. The van der Waals surface area contributed by atoms with E-state index in [2.05, 4.69) is 12.2 Å². The molecule has 4 atom stereocenters. The summed E-state index contributed by atoms with van der Waals surface area (Å²) < 4.78 is 0. The maximum absolute atomic E-state index is 12.3. The second kappa shape index (κ2) is 7.14. The van der Waals surface area contributed by atoms with Crippen LogP contribution in [-0.2, 0) is 4.79 Å². The molecule has 5 nitrogen and oxygen atoms in total. The molecule has 2 fully saturated rings. The van der Waals surface area contributed by atoms with Crippen molar-refractivity contribution in [3.05, 3.63) is 0 Å². The number of carboxylic acid groups (broad SMARTS) is 1. The Kier molecular flexibility index (Phi) is 5.48. The van der Waals surface area contributed by atoms with Crippen LogP contribution < -0.4 is 5.32 Å². The summed E-state index contributed by atoms with van der Waals surface area (Å²) in [5, 5.41) is 12.1. The number of hydrogen-bond acceptors (Lipinski definition) is 2. The van der Waals surface area contributed by atoms with Gasteiger partial charge in [-0.1, -0.05) is 26.2 Å². The fourth-order valence-corrected chi connectivity index (χ4v) is 3.97. The lowest BCUT2D eigenvalue weighted by atomic mass is 9.85. The Morgan fingerprint density at radius 2 is 1.86 bits per heavy atom. The SMILES string of the molecule is CC1CCCCC1N(C)C(=O)NCC1CCCC1C(=O)O. The average molecular weight is 296 g/mol. The molecule has 0 saturated heterocycles. The van der Waals surface area contributed by atoms with Crippen LogP contribution in [0.1, 0.15) is 51.9 Å². The van der Waals surface area contributed by atoms with Gasteiger partial charge >= 0.3 is 12.0 Å². The third-order valence-electron chi connectivity index (χ3n) is 5.38. The van der Waals surface area contributed by atoms with E-state index in [0.717, 1.165) is 25.7 Å². The van der Waals surface area contributed by atoms with Crippen LogP contribution in [0, 0.1) is 17.8 Å². The van der Waals surface area contributed by atoms with Gasteiger partial charge in [-0.15, -0.1) is 0 Å². The zero-order valence-corrected chi connectivity index (χ0v) is 13.2. The van der Waals surface area contributed by atoms with Gasteiger partial charge < -0.3 is 15.3 Å². The zero-order valence-electron chi connectivity index (χ0n) is 13.2. The summed E-state index contributed by atoms with van der Waals surface area (Å²) in [6.07, 6.45) is 7.31. The van der Waals surface area contributed by atoms with Crippen molar-refractivity contribution in [2.75, 3.05) is 13.6 Å². The first kappa shape index (κ1) is 16.1. The van der Waals surface area contributed by atoms with Crippen molar-refractivity contribution in [3.63, 3.8) is 0 Å². The molecule has 2 N–H and O–H groups in total. The summed E-state index contributed by atoms with van der Waals surface area (Å²) in [6, 6.07) is 0.266. The van der Waals surface area contributed by atoms with Gasteiger partial charge in [0, 0.05) is 19.6 Å². The number of aliphatic carboxylic acids is 1. The van der Waals surface area contributed by atoms with E-state index in [4.69, 9.17) is 0 Å². The molecule has 2 rings (SSSR count). The molecule has 0 aliphatic heterocycles. The number of amides is 2. The van der Waals surface area contributed by atoms with Crippen LogP contribution in [0.15, 0.2) is 0 Å². The standard InChI is InChI=1S/C16H28N2O3/c1-11-6-3-4-9-14(11)18(2)16(21)17-10-12-7-5-8-13(12)15(19)20/h11-14H,3-10H2,1-2H3,(H,17,21)(H,19,20). The normalized spacial score (nSPS) is 32.7. The Morgan fingerprint density at radius 3 is 2.52 bits per heavy atom. The van der Waals surface area contributed by atoms with Crippen LogP contribution >= 0.6 is 0 Å². The molecule has 21 heavy (non-hydrogen) atoms. The van der Waals surface area contributed by atoms with Crippen molar-refractivity contribution >= 4 is 12.0 Å². The van der Waals surface area contributed by atoms with Crippen molar-refractivity contribution in [2.24, 2.45) is 17.8 Å². The van der Waals surface area contributed by atoms with Crippen LogP contribution in [-0.4, -0.2) is 41.6 Å². The summed E-state index contributed by atoms with van der Waals surface area (Å²) in [5.41, 5.74) is 0. The van der Waals surface area contributed by atoms with Crippen LogP contribution in [0.5, 0.6) is 0 Å². The molecule has 4 unspecified atom stereocenters. The van der Waals surface area contributed by atoms with Crippen molar-refractivity contribution in [1.29, 1.82) is 0 Å². The Morgan fingerprint density at radius 1 is 1.14 bits per heavy atom. The third kappa shape index (κ3) is 3.89. The van der Waals surface area contributed by atoms with E-state index < -0.39 is 5.97 Å². The highest BCUT2D eigenvalue weighted by atomic mass is 16.4. The average Bonchev–Trinajstić information content (AvgIpc) is 2.93. The zero-order chi connectivity index (χ0) is 15.4. The molecule has 2 saturated carbocycles. The Labute approximate surface area is 127 Å². The lowest BCUT2D eigenvalue weighted by Gasteiger charge is -2.36. The van der Waals surface area contributed by atoms with Crippen molar-refractivity contribution in [1.82, 2.24) is 10.2 Å². The first-order valence-electron chi connectivity index (χ1n) is 8.24. The number of nitrogens with zero attached hydrogens (tertiary/aromatic N) is 1. The second-order valence-electron chi connectivity index (χ2n) is 6.76. The highest BCUT2D eigenvalue weighted by molar-refractivity contribution is 5.74. The van der Waals surface area contributed by atoms with Crippen molar-refractivity contribution in [2.45, 2.75) is 57.9 Å². The minimum atomic E-state index is -0.721. The highest BCUT2D eigenvalue weighted by Crippen LogP contribution is 2.31. The predicted octanol–water partition coefficient (Wildman–Crippen LogP) is 2.71. The number of carboxylic acids is 1. The van der Waals surface area contributed by atoms with Crippen LogP contribution in [0.2, 0.25) is 0 Å². The van der Waals surface area contributed by atoms with E-state index in [-0.39, 0.29) is 17.9 Å². The monoisotopic (exact) mass is 296 g/mol. The van der Waals surface area contributed by atoms with Crippen LogP contribution in [0.4, 0.5) is 4.79 Å². The molecule has 0 spiro atoms. The van der Waals surface area contributed by atoms with E-state index >= 15 is 0 Å². The molecular weight excluding hydrogens is 268 g/mol. The van der Waals surface area contributed by atoms with Crippen LogP contribution in [0.25, 0.3) is 0 Å². The third-order valence-corrected chi connectivity index (χ3v) is 5.38. The molecule has 0 aromatic heterocycles. The maximum atomic E-state index is 12.3. The van der Waals surface area contributed by atoms with Gasteiger partial charge in [0.15, 0.2) is 0 Å². The van der Waals surface area contributed by atoms with Gasteiger partial charge in [0.25, 0.3) is 0 Å². The second-order valence-corrected chi connectivity index (χ2v) is 6.76. The van der Waals surface area contributed by atoms with Crippen molar-refractivity contribution in [3.8, 4) is 0 Å². The smallest absolute Gasteiger partial charge is 0.317 e. The fourth-order valence-electron chi connectivity index (χ4n) is 3.97. The lowest BCUT2D eigenvalue weighted by Crippen LogP contribution is -2.48. The molecule has 0 aromatic carbocycles. The molecule has 120 valence electrons. The Balaban J connectivity index is 1.82. The fraction of sp³-hybridized carbons (Fsp3) is 0.875. The number of carbonyl (C=O) groups excluding carboxylic acids is 1. The largest absolute Gasteiger partial charge is 0.481 e. The van der Waals surface area contributed by atoms with E-state index in [1.165, 1.54) is 19.3 Å². The highest BCUT2D eigenvalue weighted by Gasteiger charge is 2.34. The molecule has 0 aromatic rings. The topological polar surface area (TPSA) is 69.6 Å². The van der Waals surface area contributed by atoms with Crippen molar-refractivity contribution < 1.29 is 14.7 Å². The van der Waals surface area contributed by atoms with Gasteiger partial charge in [-0.2, -0.15) is 0 Å². The number of nitrogens with one attached hydrogen (secondary N) is 1. The number of rotatable bonds is 4. The van der Waals surface area contributed by atoms with Crippen LogP contribution in [0.3, 0.4) is 0 Å². The van der Waals surface area contributed by atoms with Gasteiger partial charge in [0.05, 0.1) is 5.92 Å². The van der Waals surface area contributed by atoms with E-state index in [1.807, 2.05) is 11.9 Å². The number of carbonyl (C=O) groups is 2. The Hall–Kier alpha value is -1.26. The molecule has 0 bridgehead atoms. The summed E-state index contributed by atoms with van der Waals surface area (Å²) in [5.74, 6) is -0.374. The van der Waals surface area contributed by atoms with E-state index in [0.29, 0.717) is 18.5 Å². The maximum Gasteiger partial charge on any atom is 0.317 e. The summed E-state index contributed by atoms with van der Waals surface area (Å²) in [7, 11) is 1.87. The first-order valence-corrected chi connectivity index (χ1v) is 8.24. The quantitative estimate of drug-likeness (QED) is 0.838. The molecule has 2 aliphatic carbocycles. The van der Waals surface area contributed by atoms with Gasteiger partial charge in [-0.3, -0.25) is 4.79 Å². The van der Waals surface area contributed by atoms with Gasteiger partial charge in [-0.25, -0.2) is 4.79 Å². The van der Waals surface area contributed by atoms with E-state index in [9.17, 15) is 14.7 Å². The predicted molar refractivity (Wildman–Crippen MR) is 81.0 cm³/mol. The lowest BCUT2D eigenvalue weighted by molar-refractivity contribution is -0.142. The minimum Gasteiger partial charge on any atom is -0.481 e. The van der Waals surface area contributed by atoms with Gasteiger partial charge in [0.1, 0.15) is 0 Å².